The zero-order chi connectivity index (χ0) is 16.0. The van der Waals surface area contributed by atoms with Crippen LogP contribution >= 0.6 is 0 Å². The van der Waals surface area contributed by atoms with Gasteiger partial charge in [0, 0.05) is 18.4 Å². The summed E-state index contributed by atoms with van der Waals surface area (Å²) >= 11 is 0. The van der Waals surface area contributed by atoms with Crippen molar-refractivity contribution in [3.63, 3.8) is 0 Å². The SMILES string of the molecule is CC1=C2[C@@H]3[C@H](O)[C@H](CO)C[C@H]2[C@@H](C(C)C)CC[C@@H](C)[C@@H]3CC1. The van der Waals surface area contributed by atoms with Crippen molar-refractivity contribution in [2.45, 2.75) is 65.9 Å². The van der Waals surface area contributed by atoms with Gasteiger partial charge in [-0.25, -0.2) is 0 Å². The average molecular weight is 306 g/mol. The fourth-order valence-corrected chi connectivity index (χ4v) is 6.00. The Kier molecular flexibility index (Phi) is 4.71. The minimum Gasteiger partial charge on any atom is -0.396 e. The van der Waals surface area contributed by atoms with Crippen LogP contribution in [-0.4, -0.2) is 22.9 Å². The fraction of sp³-hybridized carbons (Fsp3) is 0.900. The van der Waals surface area contributed by atoms with Gasteiger partial charge in [-0.05, 0) is 62.2 Å². The largest absolute Gasteiger partial charge is 0.396 e. The molecule has 3 rings (SSSR count). The van der Waals surface area contributed by atoms with Gasteiger partial charge in [-0.3, -0.25) is 0 Å². The normalized spacial score (nSPS) is 45.7. The third kappa shape index (κ3) is 2.57. The summed E-state index contributed by atoms with van der Waals surface area (Å²) in [6.07, 6.45) is 5.74. The molecule has 0 aliphatic heterocycles. The van der Waals surface area contributed by atoms with E-state index < -0.39 is 0 Å². The van der Waals surface area contributed by atoms with E-state index in [1.807, 2.05) is 0 Å². The van der Waals surface area contributed by atoms with Crippen LogP contribution in [0.2, 0.25) is 0 Å². The second-order valence-corrected chi connectivity index (χ2v) is 8.70. The highest BCUT2D eigenvalue weighted by Gasteiger charge is 2.50. The van der Waals surface area contributed by atoms with Crippen LogP contribution in [0.5, 0.6) is 0 Å². The molecule has 2 saturated carbocycles. The third-order valence-corrected chi connectivity index (χ3v) is 7.27. The second-order valence-electron chi connectivity index (χ2n) is 8.70. The molecule has 0 spiro atoms. The predicted octanol–water partition coefficient (Wildman–Crippen LogP) is 4.02. The summed E-state index contributed by atoms with van der Waals surface area (Å²) in [5.74, 6) is 3.73. The maximum Gasteiger partial charge on any atom is 0.0658 e. The molecule has 4 bridgehead atoms. The Hall–Kier alpha value is -0.340. The molecule has 0 amide bonds. The molecular weight excluding hydrogens is 272 g/mol. The Bertz CT molecular complexity index is 439. The van der Waals surface area contributed by atoms with Crippen molar-refractivity contribution in [1.82, 2.24) is 0 Å². The highest BCUT2D eigenvalue weighted by molar-refractivity contribution is 5.28. The number of hydrogen-bond donors (Lipinski definition) is 2. The van der Waals surface area contributed by atoms with Crippen LogP contribution in [0, 0.1) is 41.4 Å². The van der Waals surface area contributed by atoms with Gasteiger partial charge in [0.15, 0.2) is 0 Å². The van der Waals surface area contributed by atoms with Crippen molar-refractivity contribution in [1.29, 1.82) is 0 Å². The number of hydrogen-bond acceptors (Lipinski definition) is 2. The molecule has 3 aliphatic rings. The highest BCUT2D eigenvalue weighted by atomic mass is 16.3. The summed E-state index contributed by atoms with van der Waals surface area (Å²) in [5.41, 5.74) is 3.17. The van der Waals surface area contributed by atoms with Gasteiger partial charge in [-0.2, -0.15) is 0 Å². The van der Waals surface area contributed by atoms with Crippen molar-refractivity contribution in [3.05, 3.63) is 11.1 Å². The number of allylic oxidation sites excluding steroid dienone is 1. The van der Waals surface area contributed by atoms with E-state index in [1.54, 1.807) is 11.1 Å². The lowest BCUT2D eigenvalue weighted by Crippen LogP contribution is -2.50. The quantitative estimate of drug-likeness (QED) is 0.756. The van der Waals surface area contributed by atoms with E-state index in [2.05, 4.69) is 27.7 Å². The Morgan fingerprint density at radius 1 is 1.18 bits per heavy atom. The van der Waals surface area contributed by atoms with Gasteiger partial charge in [0.2, 0.25) is 0 Å². The van der Waals surface area contributed by atoms with Crippen LogP contribution < -0.4 is 0 Å². The first kappa shape index (κ1) is 16.5. The molecular formula is C20H34O2. The molecule has 2 fully saturated rings. The minimum absolute atomic E-state index is 0.0821. The lowest BCUT2D eigenvalue weighted by molar-refractivity contribution is -0.0530. The first-order chi connectivity index (χ1) is 10.5. The van der Waals surface area contributed by atoms with E-state index in [9.17, 15) is 10.2 Å². The first-order valence-electron chi connectivity index (χ1n) is 9.44. The minimum atomic E-state index is -0.329. The smallest absolute Gasteiger partial charge is 0.0658 e. The Balaban J connectivity index is 2.08. The van der Waals surface area contributed by atoms with Crippen LogP contribution in [0.15, 0.2) is 11.1 Å². The number of rotatable bonds is 2. The zero-order valence-corrected chi connectivity index (χ0v) is 14.8. The van der Waals surface area contributed by atoms with Crippen LogP contribution in [-0.2, 0) is 0 Å². The van der Waals surface area contributed by atoms with Gasteiger partial charge in [0.1, 0.15) is 0 Å². The maximum atomic E-state index is 11.0. The van der Waals surface area contributed by atoms with Crippen molar-refractivity contribution in [3.8, 4) is 0 Å². The van der Waals surface area contributed by atoms with Crippen molar-refractivity contribution < 1.29 is 10.2 Å². The van der Waals surface area contributed by atoms with Gasteiger partial charge >= 0.3 is 0 Å². The molecule has 2 nitrogen and oxygen atoms in total. The lowest BCUT2D eigenvalue weighted by atomic mass is 9.53. The van der Waals surface area contributed by atoms with Crippen LogP contribution in [0.25, 0.3) is 0 Å². The molecule has 0 aromatic rings. The van der Waals surface area contributed by atoms with Gasteiger partial charge in [-0.1, -0.05) is 38.3 Å². The second kappa shape index (κ2) is 6.28. The molecule has 2 heteroatoms. The van der Waals surface area contributed by atoms with Gasteiger partial charge in [0.05, 0.1) is 6.10 Å². The van der Waals surface area contributed by atoms with E-state index in [4.69, 9.17) is 0 Å². The zero-order valence-electron chi connectivity index (χ0n) is 14.8. The molecule has 0 saturated heterocycles. The van der Waals surface area contributed by atoms with Crippen LogP contribution in [0.1, 0.15) is 59.8 Å². The fourth-order valence-electron chi connectivity index (χ4n) is 6.00. The molecule has 3 aliphatic carbocycles. The summed E-state index contributed by atoms with van der Waals surface area (Å²) in [5, 5.41) is 20.8. The summed E-state index contributed by atoms with van der Waals surface area (Å²) in [7, 11) is 0. The Labute approximate surface area is 136 Å². The summed E-state index contributed by atoms with van der Waals surface area (Å²) in [6.45, 7) is 9.58. The molecule has 0 aromatic heterocycles. The summed E-state index contributed by atoms with van der Waals surface area (Å²) in [6, 6.07) is 0. The molecule has 7 atom stereocenters. The monoisotopic (exact) mass is 306 g/mol. The first-order valence-corrected chi connectivity index (χ1v) is 9.44. The molecule has 0 unspecified atom stereocenters. The molecule has 2 N–H and O–H groups in total. The Morgan fingerprint density at radius 3 is 2.55 bits per heavy atom. The third-order valence-electron chi connectivity index (χ3n) is 7.27. The Morgan fingerprint density at radius 2 is 1.91 bits per heavy atom. The van der Waals surface area contributed by atoms with Crippen molar-refractivity contribution in [2.75, 3.05) is 6.61 Å². The molecule has 22 heavy (non-hydrogen) atoms. The molecule has 0 heterocycles. The van der Waals surface area contributed by atoms with Gasteiger partial charge in [-0.15, -0.1) is 0 Å². The van der Waals surface area contributed by atoms with E-state index in [-0.39, 0.29) is 18.6 Å². The standard InChI is InChI=1S/C20H34O2/c1-11(2)15-7-5-12(3)16-8-6-13(4)18-17(15)9-14(10-21)20(22)19(16)18/h11-12,14-17,19-22H,5-10H2,1-4H3/t12-,14+,15-,16+,17+,19-,20-/m1/s1. The topological polar surface area (TPSA) is 40.5 Å². The highest BCUT2D eigenvalue weighted by Crippen LogP contribution is 2.55. The van der Waals surface area contributed by atoms with Crippen LogP contribution in [0.4, 0.5) is 0 Å². The van der Waals surface area contributed by atoms with E-state index in [0.29, 0.717) is 29.6 Å². The van der Waals surface area contributed by atoms with Crippen molar-refractivity contribution >= 4 is 0 Å². The summed E-state index contributed by atoms with van der Waals surface area (Å²) in [4.78, 5) is 0. The molecule has 0 radical (unpaired) electrons. The van der Waals surface area contributed by atoms with E-state index >= 15 is 0 Å². The number of aliphatic hydroxyl groups excluding tert-OH is 2. The number of aliphatic hydroxyl groups is 2. The lowest BCUT2D eigenvalue weighted by Gasteiger charge is -2.53. The van der Waals surface area contributed by atoms with E-state index in [1.165, 1.54) is 25.7 Å². The van der Waals surface area contributed by atoms with Crippen molar-refractivity contribution in [2.24, 2.45) is 41.4 Å². The predicted molar refractivity (Wildman–Crippen MR) is 90.3 cm³/mol. The molecule has 0 aromatic carbocycles. The van der Waals surface area contributed by atoms with Crippen LogP contribution in [0.3, 0.4) is 0 Å². The van der Waals surface area contributed by atoms with Gasteiger partial charge < -0.3 is 10.2 Å². The summed E-state index contributed by atoms with van der Waals surface area (Å²) < 4.78 is 0. The molecule has 126 valence electrons. The average Bonchev–Trinajstić information content (AvgIpc) is 2.48. The maximum absolute atomic E-state index is 11.0. The van der Waals surface area contributed by atoms with Gasteiger partial charge in [0.25, 0.3) is 0 Å². The van der Waals surface area contributed by atoms with E-state index in [0.717, 1.165) is 12.3 Å².